The molecule has 0 fully saturated rings. The minimum absolute atomic E-state index is 0.0588. The van der Waals surface area contributed by atoms with Crippen molar-refractivity contribution in [3.63, 3.8) is 0 Å². The van der Waals surface area contributed by atoms with Gasteiger partial charge in [0.05, 0.1) is 73.1 Å². The highest BCUT2D eigenvalue weighted by atomic mass is 19.4. The molecule has 0 radical (unpaired) electrons. The Bertz CT molecular complexity index is 5590. The predicted molar refractivity (Wildman–Crippen MR) is 356 cm³/mol. The Morgan fingerprint density at radius 1 is 0.258 bits per heavy atom. The molecule has 16 rings (SSSR count). The highest BCUT2D eigenvalue weighted by Gasteiger charge is 2.43. The first-order valence-electron chi connectivity index (χ1n) is 30.7. The highest BCUT2D eigenvalue weighted by Crippen LogP contribution is 2.51. The standard InChI is InChI=1S/C77H46F12N8/c78-74(79,80)68-56-30-31-57(93-56)69(75(81,82)83)59-34-35-61(95-59)71(77(87,88)89)73-49(39-63(97-73)70(76(84,85)86)60-33-32-58(68)94-60)47-37-45-23-13-22-44(45)36-46(47)48-38-62-66(42-18-9-3-10-19-42)54-27-26-52(91-54)64(40-14-5-1-6-15-40)50-24-25-51(90-50)65(41-16-7-2-8-17-41)53-28-29-55(92-53)67(72(48)96-62)43-20-11-4-12-21-43/h1-12,14-21,24-39,90,93,96-97H,13,22-23H2. The SMILES string of the molecule is FC(F)(F)c1c2nc(c(C(F)(F)F)c3cc(-c4cc5c(cc4-c4cc6[nH]c4c(-c4ccccc4)c4nc(c(-c7ccccc7)c7ccc([nH]7)c(-c7ccccc7)c7nc(c6-c6ccccc6)C=C7)C=C4)CCC5)c([nH]3)c(C(F)(F)F)c3nc(c(C(F)(F)F)c4ccc1[nH]4)C=C3)C=C2. The van der Waals surface area contributed by atoms with E-state index in [0.29, 0.717) is 128 Å². The Labute approximate surface area is 542 Å². The number of aromatic nitrogens is 8. The number of aryl methyl sites for hydroxylation is 2. The van der Waals surface area contributed by atoms with E-state index in [4.69, 9.17) is 9.97 Å². The number of aromatic amines is 4. The summed E-state index contributed by atoms with van der Waals surface area (Å²) in [6.07, 6.45) is -10.5. The maximum atomic E-state index is 16.7. The van der Waals surface area contributed by atoms with Gasteiger partial charge in [-0.15, -0.1) is 0 Å². The van der Waals surface area contributed by atoms with Crippen LogP contribution in [-0.2, 0) is 37.5 Å². The third-order valence-corrected chi connectivity index (χ3v) is 17.9. The summed E-state index contributed by atoms with van der Waals surface area (Å²) >= 11 is 0. The zero-order chi connectivity index (χ0) is 66.9. The van der Waals surface area contributed by atoms with Gasteiger partial charge in [0.1, 0.15) is 22.3 Å². The van der Waals surface area contributed by atoms with E-state index in [1.165, 1.54) is 0 Å². The molecule has 1 aliphatic carbocycles. The summed E-state index contributed by atoms with van der Waals surface area (Å²) in [6.45, 7) is 0. The number of alkyl halides is 12. The first-order chi connectivity index (χ1) is 46.6. The van der Waals surface area contributed by atoms with Crippen molar-refractivity contribution in [3.8, 4) is 66.8 Å². The Balaban J connectivity index is 1.11. The number of hydrogen-bond acceptors (Lipinski definition) is 4. The summed E-state index contributed by atoms with van der Waals surface area (Å²) in [7, 11) is 0. The van der Waals surface area contributed by atoms with Gasteiger partial charge in [0.25, 0.3) is 0 Å². The molecule has 11 aromatic rings. The molecule has 0 spiro atoms. The van der Waals surface area contributed by atoms with Crippen molar-refractivity contribution in [3.05, 3.63) is 249 Å². The van der Waals surface area contributed by atoms with Gasteiger partial charge in [0.15, 0.2) is 0 Å². The van der Waals surface area contributed by atoms with E-state index in [1.807, 2.05) is 164 Å². The summed E-state index contributed by atoms with van der Waals surface area (Å²) in [5, 5.41) is 0. The van der Waals surface area contributed by atoms with E-state index in [1.54, 1.807) is 12.1 Å². The van der Waals surface area contributed by atoms with Crippen molar-refractivity contribution in [1.29, 1.82) is 0 Å². The molecule has 0 atom stereocenters. The lowest BCUT2D eigenvalue weighted by molar-refractivity contribution is -0.137. The Morgan fingerprint density at radius 2 is 0.557 bits per heavy atom. The Hall–Kier alpha value is -11.5. The summed E-state index contributed by atoms with van der Waals surface area (Å²) in [5.74, 6) is 0. The molecule has 5 aromatic carbocycles. The molecule has 0 unspecified atom stereocenters. The van der Waals surface area contributed by atoms with E-state index < -0.39 is 97.4 Å². The topological polar surface area (TPSA) is 115 Å². The normalized spacial score (nSPS) is 13.7. The maximum absolute atomic E-state index is 16.7. The predicted octanol–water partition coefficient (Wildman–Crippen LogP) is 22.2. The molecule has 0 saturated carbocycles. The lowest BCUT2D eigenvalue weighted by Gasteiger charge is -2.15. The van der Waals surface area contributed by atoms with Crippen LogP contribution in [0.1, 0.15) is 85.4 Å². The van der Waals surface area contributed by atoms with Gasteiger partial charge in [0, 0.05) is 49.9 Å². The molecule has 20 heteroatoms. The molecule has 0 saturated heterocycles. The first kappa shape index (κ1) is 60.4. The number of benzene rings is 5. The van der Waals surface area contributed by atoms with Crippen molar-refractivity contribution >= 4 is 92.7 Å². The number of nitrogens with one attached hydrogen (secondary N) is 4. The van der Waals surface area contributed by atoms with Gasteiger partial charge in [-0.1, -0.05) is 133 Å². The van der Waals surface area contributed by atoms with E-state index >= 15 is 52.7 Å². The lowest BCUT2D eigenvalue weighted by atomic mass is 9.89. The maximum Gasteiger partial charge on any atom is 0.420 e. The molecule has 8 nitrogen and oxygen atoms in total. The Morgan fingerprint density at radius 3 is 0.969 bits per heavy atom. The zero-order valence-corrected chi connectivity index (χ0v) is 50.2. The average Bonchev–Trinajstić information content (AvgIpc) is 1.61. The molecule has 97 heavy (non-hydrogen) atoms. The van der Waals surface area contributed by atoms with Crippen LogP contribution in [0.5, 0.6) is 0 Å². The molecule has 10 heterocycles. The fourth-order valence-corrected chi connectivity index (χ4v) is 13.9. The average molecular weight is 1310 g/mol. The van der Waals surface area contributed by atoms with Crippen LogP contribution < -0.4 is 0 Å². The smallest absolute Gasteiger partial charge is 0.354 e. The van der Waals surface area contributed by atoms with Gasteiger partial charge in [-0.05, 0) is 149 Å². The third-order valence-electron chi connectivity index (χ3n) is 17.9. The van der Waals surface area contributed by atoms with Crippen LogP contribution in [0, 0.1) is 0 Å². The second-order valence-corrected chi connectivity index (χ2v) is 23.9. The molecule has 0 amide bonds. The number of rotatable bonds is 6. The quantitative estimate of drug-likeness (QED) is 0.124. The summed E-state index contributed by atoms with van der Waals surface area (Å²) in [5.41, 5.74) is -4.41. The minimum atomic E-state index is -5.60. The van der Waals surface area contributed by atoms with Gasteiger partial charge in [0.2, 0.25) is 0 Å². The zero-order valence-electron chi connectivity index (χ0n) is 50.2. The van der Waals surface area contributed by atoms with Gasteiger partial charge in [-0.2, -0.15) is 52.7 Å². The summed E-state index contributed by atoms with van der Waals surface area (Å²) in [4.78, 5) is 30.7. The van der Waals surface area contributed by atoms with Gasteiger partial charge < -0.3 is 19.9 Å². The molecule has 4 aliphatic heterocycles. The van der Waals surface area contributed by atoms with Crippen molar-refractivity contribution in [2.75, 3.05) is 0 Å². The molecule has 6 aromatic heterocycles. The summed E-state index contributed by atoms with van der Waals surface area (Å²) in [6, 6.07) is 49.3. The van der Waals surface area contributed by atoms with Crippen LogP contribution in [0.4, 0.5) is 52.7 Å². The van der Waals surface area contributed by atoms with E-state index in [2.05, 4.69) is 29.9 Å². The Kier molecular flexibility index (Phi) is 14.1. The largest absolute Gasteiger partial charge is 0.420 e. The lowest BCUT2D eigenvalue weighted by Crippen LogP contribution is -2.11. The van der Waals surface area contributed by atoms with Gasteiger partial charge in [-0.3, -0.25) is 0 Å². The molecule has 5 aliphatic rings. The second-order valence-electron chi connectivity index (χ2n) is 23.9. The number of halogens is 12. The van der Waals surface area contributed by atoms with Crippen LogP contribution >= 0.6 is 0 Å². The van der Waals surface area contributed by atoms with Gasteiger partial charge in [-0.25, -0.2) is 19.9 Å². The van der Waals surface area contributed by atoms with E-state index in [-0.39, 0.29) is 11.1 Å². The van der Waals surface area contributed by atoms with Crippen molar-refractivity contribution in [2.45, 2.75) is 44.0 Å². The number of fused-ring (bicyclic) bond motifs is 17. The fourth-order valence-electron chi connectivity index (χ4n) is 13.9. The van der Waals surface area contributed by atoms with Crippen molar-refractivity contribution in [1.82, 2.24) is 39.9 Å². The van der Waals surface area contributed by atoms with Crippen LogP contribution in [-0.4, -0.2) is 39.9 Å². The molecular formula is C77H46F12N8. The van der Waals surface area contributed by atoms with Crippen LogP contribution in [0.2, 0.25) is 0 Å². The van der Waals surface area contributed by atoms with Crippen molar-refractivity contribution < 1.29 is 52.7 Å². The van der Waals surface area contributed by atoms with Crippen LogP contribution in [0.3, 0.4) is 0 Å². The number of nitrogens with zero attached hydrogens (tertiary/aromatic N) is 4. The first-order valence-corrected chi connectivity index (χ1v) is 30.7. The second kappa shape index (κ2) is 22.6. The fraction of sp³-hybridized carbons (Fsp3) is 0.0909. The highest BCUT2D eigenvalue weighted by molar-refractivity contribution is 6.08. The molecule has 4 N–H and O–H groups in total. The van der Waals surface area contributed by atoms with Crippen LogP contribution in [0.15, 0.2) is 170 Å². The summed E-state index contributed by atoms with van der Waals surface area (Å²) < 4.78 is 191. The molecule has 16 bridgehead atoms. The minimum Gasteiger partial charge on any atom is -0.354 e. The van der Waals surface area contributed by atoms with E-state index in [0.717, 1.165) is 39.4 Å². The third kappa shape index (κ3) is 10.6. The number of hydrogen-bond donors (Lipinski definition) is 4. The van der Waals surface area contributed by atoms with Gasteiger partial charge >= 0.3 is 24.7 Å². The van der Waals surface area contributed by atoms with E-state index in [9.17, 15) is 0 Å². The monoisotopic (exact) mass is 1310 g/mol. The van der Waals surface area contributed by atoms with Crippen LogP contribution in [0.25, 0.3) is 160 Å². The molecule has 478 valence electrons. The van der Waals surface area contributed by atoms with Crippen molar-refractivity contribution in [2.24, 2.45) is 0 Å². The number of H-pyrrole nitrogens is 4. The molecular weight excluding hydrogens is 1260 g/mol.